The van der Waals surface area contributed by atoms with E-state index in [4.69, 9.17) is 4.74 Å². The van der Waals surface area contributed by atoms with Crippen molar-refractivity contribution >= 4 is 22.6 Å². The van der Waals surface area contributed by atoms with Gasteiger partial charge in [0.1, 0.15) is 4.11 Å². The van der Waals surface area contributed by atoms with Crippen LogP contribution in [0.15, 0.2) is 12.2 Å². The van der Waals surface area contributed by atoms with Gasteiger partial charge in [-0.05, 0) is 32.7 Å². The molecule has 2 atom stereocenters. The van der Waals surface area contributed by atoms with Crippen molar-refractivity contribution in [3.63, 3.8) is 0 Å². The molecule has 2 saturated heterocycles. The second kappa shape index (κ2) is 5.36. The van der Waals surface area contributed by atoms with Gasteiger partial charge < -0.3 is 4.74 Å². The molecule has 0 radical (unpaired) electrons. The molecule has 0 saturated carbocycles. The van der Waals surface area contributed by atoms with Crippen LogP contribution < -0.4 is 0 Å². The van der Waals surface area contributed by atoms with Crippen LogP contribution in [0, 0.1) is 0 Å². The van der Waals surface area contributed by atoms with Crippen molar-refractivity contribution < 1.29 is 4.74 Å². The minimum atomic E-state index is 0.285. The van der Waals surface area contributed by atoms with Gasteiger partial charge in [-0.1, -0.05) is 47.6 Å². The van der Waals surface area contributed by atoms with Crippen molar-refractivity contribution in [1.29, 1.82) is 0 Å². The summed E-state index contributed by atoms with van der Waals surface area (Å²) in [5.74, 6) is 0. The molecule has 16 heavy (non-hydrogen) atoms. The first-order valence-electron chi connectivity index (χ1n) is 6.30. The second-order valence-electron chi connectivity index (χ2n) is 5.24. The molecular formula is C13H22INO. The van der Waals surface area contributed by atoms with Crippen molar-refractivity contribution in [3.8, 4) is 0 Å². The van der Waals surface area contributed by atoms with Crippen LogP contribution in [0.25, 0.3) is 0 Å². The topological polar surface area (TPSA) is 12.5 Å². The Hall–Kier alpha value is 0.390. The Morgan fingerprint density at radius 1 is 1.50 bits per heavy atom. The number of fused-ring (bicyclic) bond motifs is 1. The van der Waals surface area contributed by atoms with E-state index in [-0.39, 0.29) is 5.54 Å². The molecule has 1 unspecified atom stereocenters. The molecule has 0 N–H and O–H groups in total. The number of rotatable bonds is 3. The minimum absolute atomic E-state index is 0.285. The molecule has 2 aliphatic rings. The van der Waals surface area contributed by atoms with Crippen LogP contribution in [0.3, 0.4) is 0 Å². The van der Waals surface area contributed by atoms with E-state index >= 15 is 0 Å². The van der Waals surface area contributed by atoms with E-state index in [0.29, 0.717) is 4.11 Å². The Balaban J connectivity index is 2.07. The highest BCUT2D eigenvalue weighted by Crippen LogP contribution is 2.39. The van der Waals surface area contributed by atoms with Crippen molar-refractivity contribution in [2.75, 3.05) is 19.7 Å². The van der Waals surface area contributed by atoms with Crippen LogP contribution in [0.1, 0.15) is 39.0 Å². The smallest absolute Gasteiger partial charge is 0.106 e. The quantitative estimate of drug-likeness (QED) is 0.446. The third kappa shape index (κ3) is 2.79. The first-order chi connectivity index (χ1) is 7.62. The summed E-state index contributed by atoms with van der Waals surface area (Å²) >= 11 is 2.34. The normalized spacial score (nSPS) is 33.5. The Labute approximate surface area is 113 Å². The molecule has 2 heterocycles. The summed E-state index contributed by atoms with van der Waals surface area (Å²) in [4.78, 5) is 2.63. The van der Waals surface area contributed by atoms with E-state index < -0.39 is 0 Å². The molecule has 2 aliphatic heterocycles. The van der Waals surface area contributed by atoms with E-state index in [0.717, 1.165) is 19.6 Å². The Morgan fingerprint density at radius 3 is 3.06 bits per heavy atom. The molecule has 0 amide bonds. The lowest BCUT2D eigenvalue weighted by Gasteiger charge is -2.37. The number of hydrogen-bond acceptors (Lipinski definition) is 2. The van der Waals surface area contributed by atoms with E-state index in [1.165, 1.54) is 37.8 Å². The molecule has 0 spiro atoms. The third-order valence-corrected chi connectivity index (χ3v) is 4.18. The molecule has 0 aromatic rings. The highest BCUT2D eigenvalue weighted by molar-refractivity contribution is 14.1. The van der Waals surface area contributed by atoms with Gasteiger partial charge >= 0.3 is 0 Å². The summed E-state index contributed by atoms with van der Waals surface area (Å²) < 4.78 is 6.20. The third-order valence-electron chi connectivity index (χ3n) is 3.82. The summed E-state index contributed by atoms with van der Waals surface area (Å²) in [7, 11) is 0. The predicted molar refractivity (Wildman–Crippen MR) is 76.0 cm³/mol. The molecule has 92 valence electrons. The predicted octanol–water partition coefficient (Wildman–Crippen LogP) is 3.36. The van der Waals surface area contributed by atoms with Crippen molar-refractivity contribution in [1.82, 2.24) is 4.90 Å². The maximum atomic E-state index is 5.89. The highest BCUT2D eigenvalue weighted by atomic mass is 127. The van der Waals surface area contributed by atoms with Gasteiger partial charge in [-0.15, -0.1) is 0 Å². The number of alkyl halides is 1. The maximum Gasteiger partial charge on any atom is 0.106 e. The number of hydrogen-bond donors (Lipinski definition) is 0. The average Bonchev–Trinajstić information content (AvgIpc) is 2.40. The minimum Gasteiger partial charge on any atom is -0.366 e. The SMILES string of the molecule is C=C1CN2CCCCCC2(CO[C@@H](C)I)C1. The summed E-state index contributed by atoms with van der Waals surface area (Å²) in [5, 5.41) is 0. The monoisotopic (exact) mass is 335 g/mol. The average molecular weight is 335 g/mol. The lowest BCUT2D eigenvalue weighted by Crippen LogP contribution is -2.47. The molecule has 0 aromatic heterocycles. The highest BCUT2D eigenvalue weighted by Gasteiger charge is 2.43. The summed E-state index contributed by atoms with van der Waals surface area (Å²) in [6.45, 7) is 9.51. The fourth-order valence-corrected chi connectivity index (χ4v) is 3.23. The van der Waals surface area contributed by atoms with Gasteiger partial charge in [0.25, 0.3) is 0 Å². The van der Waals surface area contributed by atoms with E-state index in [1.807, 2.05) is 0 Å². The zero-order chi connectivity index (χ0) is 11.6. The van der Waals surface area contributed by atoms with Gasteiger partial charge in [-0.2, -0.15) is 0 Å². The number of halogens is 1. The molecule has 2 nitrogen and oxygen atoms in total. The second-order valence-corrected chi connectivity index (χ2v) is 6.99. The molecule has 0 aromatic carbocycles. The van der Waals surface area contributed by atoms with E-state index in [1.54, 1.807) is 0 Å². The van der Waals surface area contributed by atoms with Gasteiger partial charge in [0.15, 0.2) is 0 Å². The van der Waals surface area contributed by atoms with Crippen molar-refractivity contribution in [2.24, 2.45) is 0 Å². The zero-order valence-electron chi connectivity index (χ0n) is 10.2. The fourth-order valence-electron chi connectivity index (χ4n) is 3.05. The van der Waals surface area contributed by atoms with Gasteiger partial charge in [0.05, 0.1) is 6.61 Å². The zero-order valence-corrected chi connectivity index (χ0v) is 12.3. The molecule has 2 fully saturated rings. The van der Waals surface area contributed by atoms with E-state index in [2.05, 4.69) is 41.0 Å². The molecule has 2 rings (SSSR count). The maximum absolute atomic E-state index is 5.89. The summed E-state index contributed by atoms with van der Waals surface area (Å²) in [5.41, 5.74) is 1.68. The molecule has 3 heteroatoms. The van der Waals surface area contributed by atoms with Crippen LogP contribution >= 0.6 is 22.6 Å². The van der Waals surface area contributed by atoms with Crippen LogP contribution in [0.2, 0.25) is 0 Å². The largest absolute Gasteiger partial charge is 0.366 e. The van der Waals surface area contributed by atoms with Crippen molar-refractivity contribution in [3.05, 3.63) is 12.2 Å². The molecule has 0 bridgehead atoms. The first kappa shape index (κ1) is 12.8. The standard InChI is InChI=1S/C13H22INO/c1-11-8-13(10-16-12(2)14)6-4-3-5-7-15(13)9-11/h12H,1,3-10H2,2H3/t12-,13?/m0/s1. The summed E-state index contributed by atoms with van der Waals surface area (Å²) in [6.07, 6.45) is 6.51. The first-order valence-corrected chi connectivity index (χ1v) is 7.54. The van der Waals surface area contributed by atoms with Crippen LogP contribution in [-0.4, -0.2) is 34.2 Å². The fraction of sp³-hybridized carbons (Fsp3) is 0.846. The lowest BCUT2D eigenvalue weighted by atomic mass is 9.90. The Morgan fingerprint density at radius 2 is 2.31 bits per heavy atom. The van der Waals surface area contributed by atoms with Gasteiger partial charge in [0, 0.05) is 12.1 Å². The Kier molecular flexibility index (Phi) is 4.30. The van der Waals surface area contributed by atoms with Crippen LogP contribution in [0.5, 0.6) is 0 Å². The van der Waals surface area contributed by atoms with Crippen molar-refractivity contribution in [2.45, 2.75) is 48.7 Å². The van der Waals surface area contributed by atoms with Crippen LogP contribution in [-0.2, 0) is 4.74 Å². The van der Waals surface area contributed by atoms with Crippen LogP contribution in [0.4, 0.5) is 0 Å². The van der Waals surface area contributed by atoms with Gasteiger partial charge in [-0.25, -0.2) is 0 Å². The number of nitrogens with zero attached hydrogens (tertiary/aromatic N) is 1. The van der Waals surface area contributed by atoms with E-state index in [9.17, 15) is 0 Å². The summed E-state index contributed by atoms with van der Waals surface area (Å²) in [6, 6.07) is 0. The molecule has 0 aliphatic carbocycles. The van der Waals surface area contributed by atoms with Gasteiger partial charge in [-0.3, -0.25) is 4.90 Å². The van der Waals surface area contributed by atoms with Gasteiger partial charge in [0.2, 0.25) is 0 Å². The number of ether oxygens (including phenoxy) is 1. The molecular weight excluding hydrogens is 313 g/mol. The lowest BCUT2D eigenvalue weighted by molar-refractivity contribution is 0.0130. The Bertz CT molecular complexity index is 267.